The van der Waals surface area contributed by atoms with E-state index in [0.717, 1.165) is 51.4 Å². The van der Waals surface area contributed by atoms with Crippen molar-refractivity contribution in [3.63, 3.8) is 0 Å². The average molecular weight is 403 g/mol. The number of carbonyl (C=O) groups excluding carboxylic acids is 4. The molecule has 0 saturated heterocycles. The second-order valence-electron chi connectivity index (χ2n) is 7.13. The van der Waals surface area contributed by atoms with Gasteiger partial charge in [-0.15, -0.1) is 0 Å². The molecule has 0 heterocycles. The van der Waals surface area contributed by atoms with Gasteiger partial charge >= 0.3 is 0 Å². The number of rotatable bonds is 17. The van der Waals surface area contributed by atoms with Gasteiger partial charge in [0, 0.05) is 0 Å². The maximum Gasteiger partial charge on any atom is 0.152 e. The van der Waals surface area contributed by atoms with Crippen LogP contribution in [-0.2, 0) is 19.2 Å². The van der Waals surface area contributed by atoms with Crippen molar-refractivity contribution in [1.29, 1.82) is 0 Å². The number of thiol groups is 2. The molecule has 6 heteroatoms. The standard InChI is InChI=1S/C20H34O4S2/c1-15(21)13-17(23)19(25)11-9-7-5-3-4-6-8-10-12-20(26)18(24)14-16(2)22/h19-20,25-26H,3-14H2,1-2H3. The third kappa shape index (κ3) is 14.5. The lowest BCUT2D eigenvalue weighted by molar-refractivity contribution is -0.127. The second kappa shape index (κ2) is 15.4. The Bertz CT molecular complexity index is 421. The van der Waals surface area contributed by atoms with Crippen LogP contribution in [0.15, 0.2) is 0 Å². The first kappa shape index (κ1) is 25.4. The summed E-state index contributed by atoms with van der Waals surface area (Å²) in [5, 5.41) is -0.613. The summed E-state index contributed by atoms with van der Waals surface area (Å²) in [6, 6.07) is 0. The van der Waals surface area contributed by atoms with Crippen molar-refractivity contribution < 1.29 is 19.2 Å². The Hall–Kier alpha value is -0.620. The van der Waals surface area contributed by atoms with Gasteiger partial charge in [-0.05, 0) is 26.7 Å². The van der Waals surface area contributed by atoms with Gasteiger partial charge in [0.05, 0.1) is 23.3 Å². The number of Topliss-reactive ketones (excluding diaryl/α,β-unsaturated/α-hetero) is 4. The Morgan fingerprint density at radius 3 is 1.12 bits per heavy atom. The summed E-state index contributed by atoms with van der Waals surface area (Å²) in [7, 11) is 0. The molecule has 0 bridgehead atoms. The second-order valence-corrected chi connectivity index (χ2v) is 8.37. The van der Waals surface area contributed by atoms with Gasteiger partial charge in [0.1, 0.15) is 11.6 Å². The SMILES string of the molecule is CC(=O)CC(=O)C(S)CCCCCCCCCCC(S)C(=O)CC(C)=O. The predicted octanol–water partition coefficient (Wildman–Crippen LogP) is 4.58. The van der Waals surface area contributed by atoms with Crippen LogP contribution in [0.1, 0.15) is 90.9 Å². The van der Waals surface area contributed by atoms with E-state index in [1.165, 1.54) is 26.7 Å². The van der Waals surface area contributed by atoms with Gasteiger partial charge in [-0.1, -0.05) is 51.4 Å². The number of hydrogen-bond acceptors (Lipinski definition) is 6. The lowest BCUT2D eigenvalue weighted by Gasteiger charge is -2.09. The molecule has 0 aromatic heterocycles. The van der Waals surface area contributed by atoms with Gasteiger partial charge in [-0.2, -0.15) is 25.3 Å². The van der Waals surface area contributed by atoms with Gasteiger partial charge in [0.25, 0.3) is 0 Å². The molecule has 0 aliphatic heterocycles. The van der Waals surface area contributed by atoms with Crippen LogP contribution in [0, 0.1) is 0 Å². The maximum atomic E-state index is 11.6. The number of unbranched alkanes of at least 4 members (excludes halogenated alkanes) is 7. The highest BCUT2D eigenvalue weighted by Gasteiger charge is 2.15. The largest absolute Gasteiger partial charge is 0.300 e. The van der Waals surface area contributed by atoms with Gasteiger partial charge in [0.2, 0.25) is 0 Å². The lowest BCUT2D eigenvalue weighted by atomic mass is 10.0. The Labute approximate surface area is 169 Å². The smallest absolute Gasteiger partial charge is 0.152 e. The van der Waals surface area contributed by atoms with Crippen molar-refractivity contribution >= 4 is 48.4 Å². The van der Waals surface area contributed by atoms with Gasteiger partial charge in [-0.3, -0.25) is 19.2 Å². The van der Waals surface area contributed by atoms with E-state index in [1.807, 2.05) is 0 Å². The zero-order valence-electron chi connectivity index (χ0n) is 16.2. The zero-order valence-corrected chi connectivity index (χ0v) is 18.0. The van der Waals surface area contributed by atoms with E-state index in [9.17, 15) is 19.2 Å². The lowest BCUT2D eigenvalue weighted by Crippen LogP contribution is -2.17. The van der Waals surface area contributed by atoms with E-state index in [4.69, 9.17) is 0 Å². The highest BCUT2D eigenvalue weighted by molar-refractivity contribution is 7.82. The molecule has 0 fully saturated rings. The minimum atomic E-state index is -0.307. The molecule has 0 spiro atoms. The van der Waals surface area contributed by atoms with Crippen molar-refractivity contribution in [2.75, 3.05) is 0 Å². The van der Waals surface area contributed by atoms with Crippen LogP contribution in [0.5, 0.6) is 0 Å². The van der Waals surface area contributed by atoms with Gasteiger partial charge in [0.15, 0.2) is 11.6 Å². The van der Waals surface area contributed by atoms with E-state index >= 15 is 0 Å². The summed E-state index contributed by atoms with van der Waals surface area (Å²) in [5.41, 5.74) is 0. The Morgan fingerprint density at radius 2 is 0.846 bits per heavy atom. The molecule has 26 heavy (non-hydrogen) atoms. The molecule has 0 saturated carbocycles. The molecular weight excluding hydrogens is 368 g/mol. The van der Waals surface area contributed by atoms with Crippen LogP contribution in [0.25, 0.3) is 0 Å². The maximum absolute atomic E-state index is 11.6. The fourth-order valence-corrected chi connectivity index (χ4v) is 3.33. The van der Waals surface area contributed by atoms with Gasteiger partial charge < -0.3 is 0 Å². The van der Waals surface area contributed by atoms with E-state index in [1.54, 1.807) is 0 Å². The quantitative estimate of drug-likeness (QED) is 0.212. The molecule has 0 aromatic rings. The van der Waals surface area contributed by atoms with Crippen LogP contribution in [-0.4, -0.2) is 33.6 Å². The fourth-order valence-electron chi connectivity index (χ4n) is 2.78. The highest BCUT2D eigenvalue weighted by atomic mass is 32.1. The monoisotopic (exact) mass is 402 g/mol. The van der Waals surface area contributed by atoms with Crippen molar-refractivity contribution in [1.82, 2.24) is 0 Å². The van der Waals surface area contributed by atoms with Crippen LogP contribution in [0.4, 0.5) is 0 Å². The van der Waals surface area contributed by atoms with Crippen LogP contribution < -0.4 is 0 Å². The number of ketones is 4. The van der Waals surface area contributed by atoms with Crippen LogP contribution in [0.3, 0.4) is 0 Å². The van der Waals surface area contributed by atoms with Crippen molar-refractivity contribution in [2.45, 2.75) is 101 Å². The first-order valence-corrected chi connectivity index (χ1v) is 10.7. The van der Waals surface area contributed by atoms with E-state index in [-0.39, 0.29) is 46.5 Å². The highest BCUT2D eigenvalue weighted by Crippen LogP contribution is 2.16. The molecule has 0 aromatic carbocycles. The minimum absolute atomic E-state index is 0.00164. The third-order valence-electron chi connectivity index (χ3n) is 4.29. The number of carbonyl (C=O) groups is 4. The molecule has 0 N–H and O–H groups in total. The summed E-state index contributed by atoms with van der Waals surface area (Å²) in [5.74, 6) is -0.321. The first-order chi connectivity index (χ1) is 12.2. The van der Waals surface area contributed by atoms with Crippen molar-refractivity contribution in [3.05, 3.63) is 0 Å². The van der Waals surface area contributed by atoms with Crippen molar-refractivity contribution in [2.24, 2.45) is 0 Å². The Balaban J connectivity index is 3.49. The molecular formula is C20H34O4S2. The summed E-state index contributed by atoms with van der Waals surface area (Å²) >= 11 is 8.56. The molecule has 0 radical (unpaired) electrons. The normalized spacial score (nSPS) is 13.2. The molecule has 0 rings (SSSR count). The molecule has 2 atom stereocenters. The third-order valence-corrected chi connectivity index (χ3v) is 5.39. The van der Waals surface area contributed by atoms with Gasteiger partial charge in [-0.25, -0.2) is 0 Å². The first-order valence-electron chi connectivity index (χ1n) is 9.64. The summed E-state index contributed by atoms with van der Waals surface area (Å²) < 4.78 is 0. The van der Waals surface area contributed by atoms with Crippen molar-refractivity contribution in [3.8, 4) is 0 Å². The Kier molecular flexibility index (Phi) is 15.1. The van der Waals surface area contributed by atoms with E-state index < -0.39 is 0 Å². The molecule has 150 valence electrons. The molecule has 0 aliphatic carbocycles. The van der Waals surface area contributed by atoms with Crippen LogP contribution in [0.2, 0.25) is 0 Å². The Morgan fingerprint density at radius 1 is 0.577 bits per heavy atom. The van der Waals surface area contributed by atoms with E-state index in [2.05, 4.69) is 25.3 Å². The average Bonchev–Trinajstić information content (AvgIpc) is 2.54. The molecule has 0 amide bonds. The molecule has 0 aliphatic rings. The fraction of sp³-hybridized carbons (Fsp3) is 0.800. The predicted molar refractivity (Wildman–Crippen MR) is 112 cm³/mol. The number of hydrogen-bond donors (Lipinski definition) is 2. The summed E-state index contributed by atoms with van der Waals surface area (Å²) in [4.78, 5) is 45.1. The zero-order chi connectivity index (χ0) is 19.9. The topological polar surface area (TPSA) is 68.3 Å². The molecule has 2 unspecified atom stereocenters. The van der Waals surface area contributed by atoms with Crippen LogP contribution >= 0.6 is 25.3 Å². The minimum Gasteiger partial charge on any atom is -0.300 e. The molecule has 4 nitrogen and oxygen atoms in total. The van der Waals surface area contributed by atoms with E-state index in [0.29, 0.717) is 0 Å². The summed E-state index contributed by atoms with van der Waals surface area (Å²) in [6.07, 6.45) is 10.2. The summed E-state index contributed by atoms with van der Waals surface area (Å²) in [6.45, 7) is 2.86.